The molecule has 0 saturated heterocycles. The predicted octanol–water partition coefficient (Wildman–Crippen LogP) is 2.02. The van der Waals surface area contributed by atoms with Gasteiger partial charge in [0.25, 0.3) is 0 Å². The highest BCUT2D eigenvalue weighted by Crippen LogP contribution is 2.29. The lowest BCUT2D eigenvalue weighted by Gasteiger charge is -2.23. The van der Waals surface area contributed by atoms with Crippen LogP contribution in [0.2, 0.25) is 0 Å². The number of ketones is 1. The third-order valence-electron chi connectivity index (χ3n) is 4.39. The van der Waals surface area contributed by atoms with Crippen molar-refractivity contribution in [2.45, 2.75) is 77.0 Å². The third-order valence-corrected chi connectivity index (χ3v) is 4.39. The molecule has 142 valence electrons. The first-order chi connectivity index (χ1) is 11.9. The molecule has 1 amide bonds. The van der Waals surface area contributed by atoms with Gasteiger partial charge in [0.15, 0.2) is 5.78 Å². The summed E-state index contributed by atoms with van der Waals surface area (Å²) in [5.41, 5.74) is 0. The van der Waals surface area contributed by atoms with Gasteiger partial charge < -0.3 is 20.2 Å². The second-order valence-electron chi connectivity index (χ2n) is 6.81. The fourth-order valence-corrected chi connectivity index (χ4v) is 3.05. The summed E-state index contributed by atoms with van der Waals surface area (Å²) in [5, 5.41) is 9.60. The Morgan fingerprint density at radius 3 is 2.40 bits per heavy atom. The first-order valence-electron chi connectivity index (χ1n) is 8.94. The smallest absolute Gasteiger partial charge is 0.328 e. The van der Waals surface area contributed by atoms with E-state index in [0.29, 0.717) is 18.6 Å². The Bertz CT molecular complexity index is 472. The van der Waals surface area contributed by atoms with Crippen molar-refractivity contribution in [2.24, 2.45) is 5.92 Å². The maximum Gasteiger partial charge on any atom is 0.328 e. The molecule has 0 aromatic heterocycles. The van der Waals surface area contributed by atoms with Crippen molar-refractivity contribution < 1.29 is 23.9 Å². The average Bonchev–Trinajstić information content (AvgIpc) is 3.08. The van der Waals surface area contributed by atoms with E-state index in [1.165, 1.54) is 20.0 Å². The minimum absolute atomic E-state index is 0.00190. The molecule has 0 aliphatic heterocycles. The van der Waals surface area contributed by atoms with E-state index in [2.05, 4.69) is 5.32 Å². The highest BCUT2D eigenvalue weighted by atomic mass is 16.5. The molecular weight excluding hydrogens is 324 g/mol. The Morgan fingerprint density at radius 1 is 1.24 bits per heavy atom. The fraction of sp³-hybridized carbons (Fsp3) is 0.778. The Balaban J connectivity index is 2.67. The van der Waals surface area contributed by atoms with Crippen LogP contribution in [-0.2, 0) is 23.9 Å². The molecule has 1 rings (SSSR count). The van der Waals surface area contributed by atoms with Crippen LogP contribution in [-0.4, -0.2) is 49.2 Å². The van der Waals surface area contributed by atoms with Gasteiger partial charge >= 0.3 is 5.97 Å². The molecule has 0 bridgehead atoms. The van der Waals surface area contributed by atoms with Crippen LogP contribution in [0.4, 0.5) is 0 Å². The maximum absolute atomic E-state index is 12.5. The van der Waals surface area contributed by atoms with Crippen LogP contribution < -0.4 is 5.32 Å². The van der Waals surface area contributed by atoms with Crippen molar-refractivity contribution in [2.75, 3.05) is 7.11 Å². The second kappa shape index (κ2) is 11.0. The molecule has 0 unspecified atom stereocenters. The van der Waals surface area contributed by atoms with E-state index in [-0.39, 0.29) is 24.9 Å². The summed E-state index contributed by atoms with van der Waals surface area (Å²) in [6.07, 6.45) is 5.07. The van der Waals surface area contributed by atoms with Gasteiger partial charge in [-0.1, -0.05) is 25.7 Å². The van der Waals surface area contributed by atoms with Crippen molar-refractivity contribution in [1.82, 2.24) is 5.32 Å². The lowest BCUT2D eigenvalue weighted by molar-refractivity contribution is -0.153. The van der Waals surface area contributed by atoms with Gasteiger partial charge in [-0.25, -0.2) is 4.79 Å². The molecule has 0 heterocycles. The van der Waals surface area contributed by atoms with Crippen molar-refractivity contribution in [1.29, 1.82) is 5.41 Å². The number of ether oxygens (including phenoxy) is 2. The van der Waals surface area contributed by atoms with Gasteiger partial charge in [-0.2, -0.15) is 0 Å². The zero-order valence-corrected chi connectivity index (χ0v) is 15.4. The topological polar surface area (TPSA) is 106 Å². The number of hydrogen-bond donors (Lipinski definition) is 2. The van der Waals surface area contributed by atoms with Crippen LogP contribution in [0, 0.1) is 11.3 Å². The first kappa shape index (κ1) is 21.3. The Hall–Kier alpha value is -1.76. The quantitative estimate of drug-likeness (QED) is 0.436. The number of esters is 1. The van der Waals surface area contributed by atoms with E-state index in [4.69, 9.17) is 14.9 Å². The highest BCUT2D eigenvalue weighted by Gasteiger charge is 2.29. The number of amides is 1. The van der Waals surface area contributed by atoms with Crippen LogP contribution in [0.3, 0.4) is 0 Å². The first-order valence-corrected chi connectivity index (χ1v) is 8.94. The summed E-state index contributed by atoms with van der Waals surface area (Å²) in [6, 6.07) is -0.917. The van der Waals surface area contributed by atoms with Crippen molar-refractivity contribution in [3.05, 3.63) is 0 Å². The van der Waals surface area contributed by atoms with Gasteiger partial charge in [-0.3, -0.25) is 9.59 Å². The molecule has 2 N–H and O–H groups in total. The molecule has 1 aliphatic rings. The van der Waals surface area contributed by atoms with Crippen molar-refractivity contribution >= 4 is 23.9 Å². The molecule has 2 atom stereocenters. The molecule has 1 fully saturated rings. The summed E-state index contributed by atoms with van der Waals surface area (Å²) in [7, 11) is 1.49. The number of rotatable bonds is 11. The zero-order valence-electron chi connectivity index (χ0n) is 15.4. The molecule has 1 saturated carbocycles. The number of methoxy groups -OCH3 is 1. The van der Waals surface area contributed by atoms with Crippen LogP contribution in [0.25, 0.3) is 0 Å². The lowest BCUT2D eigenvalue weighted by Crippen LogP contribution is -2.47. The minimum Gasteiger partial charge on any atom is -0.461 e. The summed E-state index contributed by atoms with van der Waals surface area (Å²) < 4.78 is 10.5. The molecule has 25 heavy (non-hydrogen) atoms. The van der Waals surface area contributed by atoms with Gasteiger partial charge in [-0.05, 0) is 32.6 Å². The van der Waals surface area contributed by atoms with E-state index in [1.807, 2.05) is 0 Å². The highest BCUT2D eigenvalue weighted by molar-refractivity contribution is 6.26. The van der Waals surface area contributed by atoms with E-state index >= 15 is 0 Å². The Kier molecular flexibility index (Phi) is 9.34. The summed E-state index contributed by atoms with van der Waals surface area (Å²) in [4.78, 5) is 36.0. The van der Waals surface area contributed by atoms with Crippen LogP contribution in [0.5, 0.6) is 0 Å². The Morgan fingerprint density at radius 2 is 1.88 bits per heavy atom. The van der Waals surface area contributed by atoms with Crippen LogP contribution in [0.15, 0.2) is 0 Å². The van der Waals surface area contributed by atoms with Crippen LogP contribution in [0.1, 0.15) is 58.8 Å². The normalized spacial score (nSPS) is 17.1. The summed E-state index contributed by atoms with van der Waals surface area (Å²) in [5.74, 6) is -0.860. The van der Waals surface area contributed by atoms with Gasteiger partial charge in [0.1, 0.15) is 12.1 Å². The molecule has 7 heteroatoms. The molecule has 0 aromatic rings. The van der Waals surface area contributed by atoms with Gasteiger partial charge in [0, 0.05) is 13.5 Å². The fourth-order valence-electron chi connectivity index (χ4n) is 3.05. The van der Waals surface area contributed by atoms with E-state index in [9.17, 15) is 14.4 Å². The van der Waals surface area contributed by atoms with E-state index < -0.39 is 23.9 Å². The number of nitrogens with one attached hydrogen (secondary N) is 2. The monoisotopic (exact) mass is 354 g/mol. The molecule has 0 radical (unpaired) electrons. The van der Waals surface area contributed by atoms with E-state index in [0.717, 1.165) is 12.8 Å². The molecule has 0 aromatic carbocycles. The van der Waals surface area contributed by atoms with E-state index in [1.54, 1.807) is 13.8 Å². The second-order valence-corrected chi connectivity index (χ2v) is 6.81. The summed E-state index contributed by atoms with van der Waals surface area (Å²) in [6.45, 7) is 3.44. The number of Topliss-reactive ketones (excluding diaryl/α,β-unsaturated/α-hetero) is 1. The average molecular weight is 354 g/mol. The van der Waals surface area contributed by atoms with Gasteiger partial charge in [0.05, 0.1) is 12.3 Å². The standard InChI is InChI=1S/C18H30N2O5/c1-12(2)25-18(23)15(9-8-14(21)11-19)20-17(22)16(24-3)10-13-6-4-5-7-13/h11-13,15-16,19H,4-10H2,1-3H3,(H,20,22)/t15-,16-/m0/s1. The molecule has 1 aliphatic carbocycles. The van der Waals surface area contributed by atoms with Gasteiger partial charge in [-0.15, -0.1) is 0 Å². The van der Waals surface area contributed by atoms with Crippen molar-refractivity contribution in [3.8, 4) is 0 Å². The summed E-state index contributed by atoms with van der Waals surface area (Å²) >= 11 is 0. The third kappa shape index (κ3) is 7.77. The lowest BCUT2D eigenvalue weighted by atomic mass is 9.99. The molecular formula is C18H30N2O5. The van der Waals surface area contributed by atoms with Gasteiger partial charge in [0.2, 0.25) is 5.91 Å². The number of hydrogen-bond acceptors (Lipinski definition) is 6. The molecule has 7 nitrogen and oxygen atoms in total. The maximum atomic E-state index is 12.5. The predicted molar refractivity (Wildman–Crippen MR) is 93.6 cm³/mol. The molecule has 0 spiro atoms. The van der Waals surface area contributed by atoms with Crippen molar-refractivity contribution in [3.63, 3.8) is 0 Å². The minimum atomic E-state index is -0.917. The largest absolute Gasteiger partial charge is 0.461 e. The number of carbonyl (C=O) groups excluding carboxylic acids is 3. The SMILES string of the molecule is CO[C@@H](CC1CCCC1)C(=O)N[C@@H](CCC(=O)C=N)C(=O)OC(C)C. The Labute approximate surface area is 149 Å². The van der Waals surface area contributed by atoms with Crippen LogP contribution >= 0.6 is 0 Å². The zero-order chi connectivity index (χ0) is 18.8. The number of carbonyl (C=O) groups is 3.